The van der Waals surface area contributed by atoms with E-state index in [2.05, 4.69) is 40.9 Å². The number of aliphatic imine (C=N–C) groups is 1. The van der Waals surface area contributed by atoms with Crippen LogP contribution in [0.15, 0.2) is 29.3 Å². The van der Waals surface area contributed by atoms with Crippen molar-refractivity contribution in [3.63, 3.8) is 0 Å². The van der Waals surface area contributed by atoms with Gasteiger partial charge in [-0.3, -0.25) is 9.79 Å². The zero-order valence-corrected chi connectivity index (χ0v) is 15.0. The molecule has 6 nitrogen and oxygen atoms in total. The fourth-order valence-corrected chi connectivity index (χ4v) is 2.78. The Kier molecular flexibility index (Phi) is 6.06. The van der Waals surface area contributed by atoms with E-state index in [1.54, 1.807) is 7.05 Å². The van der Waals surface area contributed by atoms with E-state index < -0.39 is 0 Å². The van der Waals surface area contributed by atoms with E-state index in [1.165, 1.54) is 0 Å². The van der Waals surface area contributed by atoms with E-state index >= 15 is 0 Å². The van der Waals surface area contributed by atoms with Gasteiger partial charge >= 0.3 is 0 Å². The molecule has 24 heavy (non-hydrogen) atoms. The molecular weight excluding hydrogens is 304 g/mol. The highest BCUT2D eigenvalue weighted by Crippen LogP contribution is 2.39. The normalized spacial score (nSPS) is 19.0. The van der Waals surface area contributed by atoms with Crippen molar-refractivity contribution in [2.24, 2.45) is 4.99 Å². The second-order valence-corrected chi connectivity index (χ2v) is 6.58. The van der Waals surface area contributed by atoms with Gasteiger partial charge in [0.05, 0.1) is 12.6 Å². The average molecular weight is 332 g/mol. The summed E-state index contributed by atoms with van der Waals surface area (Å²) in [6.07, 6.45) is 1.74. The Labute approximate surface area is 144 Å². The first-order chi connectivity index (χ1) is 11.4. The number of nitrogens with one attached hydrogen (secondary N) is 3. The van der Waals surface area contributed by atoms with E-state index in [9.17, 15) is 4.79 Å². The molecule has 1 aromatic rings. The lowest BCUT2D eigenvalue weighted by Crippen LogP contribution is -2.47. The standard InChI is InChI=1S/C18H28N4O2/c1-5-10-20-16(23)12-21-17(19-4)22-14-11-18(2,3)24-15-9-7-6-8-13(14)15/h6-9,14H,5,10-12H2,1-4H3,(H,20,23)(H2,19,21,22). The molecule has 0 bridgehead atoms. The summed E-state index contributed by atoms with van der Waals surface area (Å²) in [5.74, 6) is 1.47. The van der Waals surface area contributed by atoms with Gasteiger partial charge in [0, 0.05) is 25.6 Å². The number of amides is 1. The third kappa shape index (κ3) is 4.88. The molecule has 0 spiro atoms. The van der Waals surface area contributed by atoms with Crippen LogP contribution < -0.4 is 20.7 Å². The number of fused-ring (bicyclic) bond motifs is 1. The zero-order valence-electron chi connectivity index (χ0n) is 15.0. The second kappa shape index (κ2) is 8.04. The Balaban J connectivity index is 2.01. The summed E-state index contributed by atoms with van der Waals surface area (Å²) >= 11 is 0. The monoisotopic (exact) mass is 332 g/mol. The van der Waals surface area contributed by atoms with Gasteiger partial charge in [-0.05, 0) is 26.3 Å². The number of benzene rings is 1. The molecule has 0 aromatic heterocycles. The molecule has 0 saturated carbocycles. The molecule has 0 aliphatic carbocycles. The van der Waals surface area contributed by atoms with Crippen LogP contribution in [-0.2, 0) is 4.79 Å². The Morgan fingerprint density at radius 2 is 2.08 bits per heavy atom. The van der Waals surface area contributed by atoms with E-state index in [-0.39, 0.29) is 24.1 Å². The van der Waals surface area contributed by atoms with E-state index in [0.29, 0.717) is 12.5 Å². The molecule has 6 heteroatoms. The van der Waals surface area contributed by atoms with Gasteiger partial charge in [0.25, 0.3) is 0 Å². The van der Waals surface area contributed by atoms with Crippen LogP contribution >= 0.6 is 0 Å². The van der Waals surface area contributed by atoms with Crippen LogP contribution in [0.25, 0.3) is 0 Å². The highest BCUT2D eigenvalue weighted by atomic mass is 16.5. The van der Waals surface area contributed by atoms with Crippen LogP contribution in [0.1, 0.15) is 45.2 Å². The number of hydrogen-bond acceptors (Lipinski definition) is 3. The quantitative estimate of drug-likeness (QED) is 0.569. The number of para-hydroxylation sites is 1. The molecule has 132 valence electrons. The Morgan fingerprint density at radius 1 is 1.33 bits per heavy atom. The fourth-order valence-electron chi connectivity index (χ4n) is 2.78. The summed E-state index contributed by atoms with van der Waals surface area (Å²) in [7, 11) is 1.70. The second-order valence-electron chi connectivity index (χ2n) is 6.58. The molecule has 0 radical (unpaired) electrons. The van der Waals surface area contributed by atoms with Crippen molar-refractivity contribution in [2.75, 3.05) is 20.1 Å². The summed E-state index contributed by atoms with van der Waals surface area (Å²) in [6, 6.07) is 8.10. The van der Waals surface area contributed by atoms with Crippen molar-refractivity contribution in [1.82, 2.24) is 16.0 Å². The maximum Gasteiger partial charge on any atom is 0.239 e. The fraction of sp³-hybridized carbons (Fsp3) is 0.556. The topological polar surface area (TPSA) is 74.8 Å². The summed E-state index contributed by atoms with van der Waals surface area (Å²) in [6.45, 7) is 7.07. The maximum absolute atomic E-state index is 11.7. The van der Waals surface area contributed by atoms with Gasteiger partial charge in [-0.2, -0.15) is 0 Å². The lowest BCUT2D eigenvalue weighted by atomic mass is 9.90. The number of guanidine groups is 1. The number of carbonyl (C=O) groups excluding carboxylic acids is 1. The minimum atomic E-state index is -0.261. The molecule has 1 aromatic carbocycles. The predicted molar refractivity (Wildman–Crippen MR) is 96.3 cm³/mol. The summed E-state index contributed by atoms with van der Waals surface area (Å²) in [5, 5.41) is 9.32. The highest BCUT2D eigenvalue weighted by molar-refractivity contribution is 5.86. The van der Waals surface area contributed by atoms with Gasteiger partial charge in [-0.15, -0.1) is 0 Å². The van der Waals surface area contributed by atoms with Crippen molar-refractivity contribution in [3.05, 3.63) is 29.8 Å². The number of nitrogens with zero attached hydrogens (tertiary/aromatic N) is 1. The summed E-state index contributed by atoms with van der Waals surface area (Å²) in [5.41, 5.74) is 0.846. The minimum Gasteiger partial charge on any atom is -0.487 e. The number of ether oxygens (including phenoxy) is 1. The number of rotatable bonds is 5. The Hall–Kier alpha value is -2.24. The molecule has 1 amide bonds. The van der Waals surface area contributed by atoms with Crippen molar-refractivity contribution in [1.29, 1.82) is 0 Å². The molecule has 3 N–H and O–H groups in total. The van der Waals surface area contributed by atoms with Crippen LogP contribution in [-0.4, -0.2) is 37.6 Å². The number of carbonyl (C=O) groups is 1. The molecule has 1 atom stereocenters. The SMILES string of the molecule is CCCNC(=O)CNC(=NC)NC1CC(C)(C)Oc2ccccc21. The summed E-state index contributed by atoms with van der Waals surface area (Å²) in [4.78, 5) is 16.0. The first-order valence-corrected chi connectivity index (χ1v) is 8.47. The van der Waals surface area contributed by atoms with E-state index in [1.807, 2.05) is 25.1 Å². The third-order valence-electron chi connectivity index (χ3n) is 3.90. The molecular formula is C18H28N4O2. The van der Waals surface area contributed by atoms with Crippen LogP contribution in [0.4, 0.5) is 0 Å². The third-order valence-corrected chi connectivity index (χ3v) is 3.90. The molecule has 0 fully saturated rings. The number of hydrogen-bond donors (Lipinski definition) is 3. The van der Waals surface area contributed by atoms with Crippen LogP contribution in [0.3, 0.4) is 0 Å². The van der Waals surface area contributed by atoms with Crippen molar-refractivity contribution < 1.29 is 9.53 Å². The van der Waals surface area contributed by atoms with Gasteiger partial charge in [0.2, 0.25) is 5.91 Å². The Bertz CT molecular complexity index is 598. The molecule has 1 unspecified atom stereocenters. The smallest absolute Gasteiger partial charge is 0.239 e. The zero-order chi connectivity index (χ0) is 17.6. The summed E-state index contributed by atoms with van der Waals surface area (Å²) < 4.78 is 6.04. The maximum atomic E-state index is 11.7. The van der Waals surface area contributed by atoms with Gasteiger partial charge in [0.1, 0.15) is 11.4 Å². The molecule has 1 aliphatic heterocycles. The van der Waals surface area contributed by atoms with E-state index in [0.717, 1.165) is 24.2 Å². The van der Waals surface area contributed by atoms with E-state index in [4.69, 9.17) is 4.74 Å². The lowest BCUT2D eigenvalue weighted by molar-refractivity contribution is -0.120. The molecule has 1 aliphatic rings. The van der Waals surface area contributed by atoms with Gasteiger partial charge in [0.15, 0.2) is 5.96 Å². The van der Waals surface area contributed by atoms with Crippen molar-refractivity contribution in [3.8, 4) is 5.75 Å². The van der Waals surface area contributed by atoms with Crippen molar-refractivity contribution >= 4 is 11.9 Å². The largest absolute Gasteiger partial charge is 0.487 e. The first-order valence-electron chi connectivity index (χ1n) is 8.47. The van der Waals surface area contributed by atoms with Crippen LogP contribution in [0.2, 0.25) is 0 Å². The van der Waals surface area contributed by atoms with Crippen molar-refractivity contribution in [2.45, 2.75) is 45.3 Å². The average Bonchev–Trinajstić information content (AvgIpc) is 2.55. The highest BCUT2D eigenvalue weighted by Gasteiger charge is 2.33. The predicted octanol–water partition coefficient (Wildman–Crippen LogP) is 1.98. The molecule has 1 heterocycles. The minimum absolute atomic E-state index is 0.0347. The van der Waals surface area contributed by atoms with Gasteiger partial charge in [-0.1, -0.05) is 25.1 Å². The Morgan fingerprint density at radius 3 is 2.79 bits per heavy atom. The molecule has 0 saturated heterocycles. The van der Waals surface area contributed by atoms with Gasteiger partial charge in [-0.25, -0.2) is 0 Å². The lowest BCUT2D eigenvalue weighted by Gasteiger charge is -2.38. The van der Waals surface area contributed by atoms with Crippen LogP contribution in [0.5, 0.6) is 5.75 Å². The first kappa shape index (κ1) is 18.1. The van der Waals surface area contributed by atoms with Gasteiger partial charge < -0.3 is 20.7 Å². The van der Waals surface area contributed by atoms with Crippen LogP contribution in [0, 0.1) is 0 Å². The molecule has 2 rings (SSSR count).